The zero-order chi connectivity index (χ0) is 23.5. The SMILES string of the molecule is O=C(NC(Cc1cc(F)c2c(c1)OCCO2)CN1CCCC1)C1CCN(c2ccc(Cl)cc2)C1. The summed E-state index contributed by atoms with van der Waals surface area (Å²) in [5.41, 5.74) is 1.89. The van der Waals surface area contributed by atoms with E-state index in [0.717, 1.165) is 43.9 Å². The summed E-state index contributed by atoms with van der Waals surface area (Å²) in [5, 5.41) is 4.00. The van der Waals surface area contributed by atoms with Crippen molar-refractivity contribution in [3.05, 3.63) is 52.8 Å². The van der Waals surface area contributed by atoms with E-state index in [1.54, 1.807) is 0 Å². The number of fused-ring (bicyclic) bond motifs is 1. The van der Waals surface area contributed by atoms with Gasteiger partial charge in [-0.05, 0) is 80.7 Å². The van der Waals surface area contributed by atoms with Crippen molar-refractivity contribution in [2.24, 2.45) is 5.92 Å². The number of amides is 1. The Bertz CT molecular complexity index is 1010. The Morgan fingerprint density at radius 2 is 1.88 bits per heavy atom. The minimum absolute atomic E-state index is 0.0682. The Labute approximate surface area is 205 Å². The fourth-order valence-corrected chi connectivity index (χ4v) is 5.31. The molecule has 0 bridgehead atoms. The number of likely N-dealkylation sites (tertiary alicyclic amines) is 1. The first-order valence-corrected chi connectivity index (χ1v) is 12.5. The summed E-state index contributed by atoms with van der Waals surface area (Å²) in [7, 11) is 0. The highest BCUT2D eigenvalue weighted by atomic mass is 35.5. The highest BCUT2D eigenvalue weighted by Gasteiger charge is 2.31. The van der Waals surface area contributed by atoms with Gasteiger partial charge in [0.15, 0.2) is 17.3 Å². The van der Waals surface area contributed by atoms with Crippen molar-refractivity contribution in [1.29, 1.82) is 0 Å². The van der Waals surface area contributed by atoms with E-state index in [4.69, 9.17) is 21.1 Å². The quantitative estimate of drug-likeness (QED) is 0.642. The minimum Gasteiger partial charge on any atom is -0.486 e. The lowest BCUT2D eigenvalue weighted by atomic mass is 10.0. The van der Waals surface area contributed by atoms with Gasteiger partial charge in [0, 0.05) is 36.4 Å². The molecular weight excluding hydrogens is 457 g/mol. The van der Waals surface area contributed by atoms with Crippen LogP contribution in [0.4, 0.5) is 10.1 Å². The smallest absolute Gasteiger partial charge is 0.225 e. The summed E-state index contributed by atoms with van der Waals surface area (Å²) in [5.74, 6) is 0.213. The van der Waals surface area contributed by atoms with E-state index in [0.29, 0.717) is 37.0 Å². The van der Waals surface area contributed by atoms with Gasteiger partial charge in [-0.15, -0.1) is 0 Å². The van der Waals surface area contributed by atoms with Gasteiger partial charge in [0.2, 0.25) is 5.91 Å². The van der Waals surface area contributed by atoms with Crippen molar-refractivity contribution < 1.29 is 18.7 Å². The predicted molar refractivity (Wildman–Crippen MR) is 130 cm³/mol. The van der Waals surface area contributed by atoms with E-state index in [1.165, 1.54) is 18.9 Å². The summed E-state index contributed by atoms with van der Waals surface area (Å²) in [4.78, 5) is 17.9. The number of hydrogen-bond donors (Lipinski definition) is 1. The van der Waals surface area contributed by atoms with Gasteiger partial charge in [0.25, 0.3) is 0 Å². The molecule has 0 aromatic heterocycles. The molecule has 182 valence electrons. The molecule has 6 nitrogen and oxygen atoms in total. The van der Waals surface area contributed by atoms with Crippen LogP contribution in [0.2, 0.25) is 5.02 Å². The Kier molecular flexibility index (Phi) is 7.11. The van der Waals surface area contributed by atoms with Gasteiger partial charge >= 0.3 is 0 Å². The van der Waals surface area contributed by atoms with Crippen LogP contribution in [0, 0.1) is 11.7 Å². The van der Waals surface area contributed by atoms with Crippen LogP contribution in [0.15, 0.2) is 36.4 Å². The van der Waals surface area contributed by atoms with Crippen LogP contribution in [0.3, 0.4) is 0 Å². The van der Waals surface area contributed by atoms with Gasteiger partial charge in [0.05, 0.1) is 5.92 Å². The van der Waals surface area contributed by atoms with E-state index < -0.39 is 5.82 Å². The van der Waals surface area contributed by atoms with E-state index >= 15 is 0 Å². The van der Waals surface area contributed by atoms with Crippen molar-refractivity contribution in [3.63, 3.8) is 0 Å². The molecule has 1 N–H and O–H groups in total. The topological polar surface area (TPSA) is 54.0 Å². The number of halogens is 2. The second-order valence-corrected chi connectivity index (χ2v) is 9.86. The van der Waals surface area contributed by atoms with Gasteiger partial charge in [-0.25, -0.2) is 4.39 Å². The second-order valence-electron chi connectivity index (χ2n) is 9.43. The number of hydrogen-bond acceptors (Lipinski definition) is 5. The van der Waals surface area contributed by atoms with E-state index in [9.17, 15) is 9.18 Å². The van der Waals surface area contributed by atoms with Crippen molar-refractivity contribution in [2.75, 3.05) is 50.8 Å². The maximum atomic E-state index is 14.6. The summed E-state index contributed by atoms with van der Waals surface area (Å²) in [6, 6.07) is 11.0. The van der Waals surface area contributed by atoms with Gasteiger partial charge in [-0.2, -0.15) is 0 Å². The highest BCUT2D eigenvalue weighted by Crippen LogP contribution is 2.34. The number of ether oxygens (including phenoxy) is 2. The number of rotatable bonds is 7. The van der Waals surface area contributed by atoms with E-state index in [1.807, 2.05) is 30.3 Å². The first-order chi connectivity index (χ1) is 16.5. The van der Waals surface area contributed by atoms with Gasteiger partial charge in [-0.1, -0.05) is 11.6 Å². The Morgan fingerprint density at radius 3 is 2.68 bits per heavy atom. The van der Waals surface area contributed by atoms with Crippen LogP contribution in [0.5, 0.6) is 11.5 Å². The number of anilines is 1. The maximum Gasteiger partial charge on any atom is 0.225 e. The number of nitrogens with zero attached hydrogens (tertiary/aromatic N) is 2. The van der Waals surface area contributed by atoms with E-state index in [-0.39, 0.29) is 23.6 Å². The summed E-state index contributed by atoms with van der Waals surface area (Å²) < 4.78 is 25.6. The van der Waals surface area contributed by atoms with E-state index in [2.05, 4.69) is 15.1 Å². The number of nitrogens with one attached hydrogen (secondary N) is 1. The monoisotopic (exact) mass is 487 g/mol. The molecule has 2 unspecified atom stereocenters. The van der Waals surface area contributed by atoms with Crippen LogP contribution in [-0.2, 0) is 11.2 Å². The normalized spacial score (nSPS) is 21.0. The summed E-state index contributed by atoms with van der Waals surface area (Å²) >= 11 is 6.02. The van der Waals surface area contributed by atoms with Crippen LogP contribution in [-0.4, -0.2) is 62.8 Å². The molecule has 2 aromatic carbocycles. The molecule has 1 amide bonds. The fraction of sp³-hybridized carbons (Fsp3) is 0.500. The molecule has 0 radical (unpaired) electrons. The molecule has 3 heterocycles. The van der Waals surface area contributed by atoms with Crippen molar-refractivity contribution in [1.82, 2.24) is 10.2 Å². The highest BCUT2D eigenvalue weighted by molar-refractivity contribution is 6.30. The van der Waals surface area contributed by atoms with Crippen molar-refractivity contribution in [3.8, 4) is 11.5 Å². The maximum absolute atomic E-state index is 14.6. The van der Waals surface area contributed by atoms with Gasteiger partial charge < -0.3 is 24.6 Å². The van der Waals surface area contributed by atoms with Crippen molar-refractivity contribution >= 4 is 23.2 Å². The predicted octanol–water partition coefficient (Wildman–Crippen LogP) is 3.90. The Morgan fingerprint density at radius 1 is 1.12 bits per heavy atom. The van der Waals surface area contributed by atoms with Gasteiger partial charge in [-0.3, -0.25) is 4.79 Å². The zero-order valence-electron chi connectivity index (χ0n) is 19.3. The first kappa shape index (κ1) is 23.2. The molecule has 5 rings (SSSR count). The number of carbonyl (C=O) groups excluding carboxylic acids is 1. The molecule has 0 saturated carbocycles. The largest absolute Gasteiger partial charge is 0.486 e. The Hall–Kier alpha value is -2.51. The summed E-state index contributed by atoms with van der Waals surface area (Å²) in [6.45, 7) is 5.12. The lowest BCUT2D eigenvalue weighted by Crippen LogP contribution is -2.47. The number of benzene rings is 2. The molecule has 2 aromatic rings. The van der Waals surface area contributed by atoms with Gasteiger partial charge in [0.1, 0.15) is 13.2 Å². The van der Waals surface area contributed by atoms with Crippen LogP contribution < -0.4 is 19.7 Å². The fourth-order valence-electron chi connectivity index (χ4n) is 5.18. The molecule has 0 spiro atoms. The standard InChI is InChI=1S/C26H31ClFN3O3/c27-20-3-5-22(6-4-20)31-10-7-19(16-31)26(32)29-21(17-30-8-1-2-9-30)13-18-14-23(28)25-24(15-18)33-11-12-34-25/h3-6,14-15,19,21H,1-2,7-13,16-17H2,(H,29,32). The molecule has 2 fully saturated rings. The molecular formula is C26H31ClFN3O3. The zero-order valence-corrected chi connectivity index (χ0v) is 20.0. The summed E-state index contributed by atoms with van der Waals surface area (Å²) in [6.07, 6.45) is 3.71. The lowest BCUT2D eigenvalue weighted by molar-refractivity contribution is -0.125. The molecule has 0 aliphatic carbocycles. The third kappa shape index (κ3) is 5.41. The molecule has 2 saturated heterocycles. The van der Waals surface area contributed by atoms with Crippen LogP contribution in [0.1, 0.15) is 24.8 Å². The average Bonchev–Trinajstić information content (AvgIpc) is 3.52. The molecule has 8 heteroatoms. The molecule has 34 heavy (non-hydrogen) atoms. The van der Waals surface area contributed by atoms with Crippen LogP contribution >= 0.6 is 11.6 Å². The lowest BCUT2D eigenvalue weighted by Gasteiger charge is -2.27. The van der Waals surface area contributed by atoms with Crippen LogP contribution in [0.25, 0.3) is 0 Å². The Balaban J connectivity index is 1.26. The number of carbonyl (C=O) groups is 1. The molecule has 2 atom stereocenters. The molecule has 3 aliphatic rings. The van der Waals surface area contributed by atoms with Crippen molar-refractivity contribution in [2.45, 2.75) is 31.7 Å². The first-order valence-electron chi connectivity index (χ1n) is 12.2. The average molecular weight is 488 g/mol. The minimum atomic E-state index is -0.409. The third-order valence-electron chi connectivity index (χ3n) is 6.91. The molecule has 3 aliphatic heterocycles. The third-order valence-corrected chi connectivity index (χ3v) is 7.17. The second kappa shape index (κ2) is 10.4.